The van der Waals surface area contributed by atoms with Crippen LogP contribution in [0, 0.1) is 0 Å². The average Bonchev–Trinajstić information content (AvgIpc) is 0.811. The summed E-state index contributed by atoms with van der Waals surface area (Å²) < 4.78 is 0. The van der Waals surface area contributed by atoms with E-state index in [0.717, 1.165) is 0 Å². The fourth-order valence-corrected chi connectivity index (χ4v) is 0. The molecule has 0 aromatic heterocycles. The second-order valence-corrected chi connectivity index (χ2v) is 0.964. The molecular weight excluding hydrogens is 48.8 g/mol. The van der Waals surface area contributed by atoms with Gasteiger partial charge in [-0.1, -0.05) is 0 Å². The number of hydrogen-bond donors (Lipinski definition) is 0. The third kappa shape index (κ3) is 3420. The highest BCUT2D eigenvalue weighted by Gasteiger charge is 1.59. The molecule has 0 aromatic rings. The first-order valence-corrected chi connectivity index (χ1v) is 1.15. The van der Waals surface area contributed by atoms with E-state index in [1.165, 1.54) is 4.81 Å². The molecule has 2 radical (unpaired) electrons. The molecule has 0 bridgehead atoms. The van der Waals surface area contributed by atoms with Gasteiger partial charge in [-0.05, 0) is 14.1 Å². The Bertz CT molecular complexity index is 10.8. The third-order valence-corrected chi connectivity index (χ3v) is 0. The summed E-state index contributed by atoms with van der Waals surface area (Å²) in [6.07, 6.45) is 0. The van der Waals surface area contributed by atoms with Crippen molar-refractivity contribution in [2.45, 2.75) is 0 Å². The Kier molecular flexibility index (Phi) is 1.36. The van der Waals surface area contributed by atoms with Gasteiger partial charge in [-0.15, -0.1) is 0 Å². The molecule has 0 N–H and O–H groups in total. The zero-order chi connectivity index (χ0) is 3.58. The second kappa shape index (κ2) is 1.36. The van der Waals surface area contributed by atoms with Crippen LogP contribution in [0.2, 0.25) is 0 Å². The molecule has 0 aliphatic carbocycles. The maximum Gasteiger partial charge on any atom is 0.181 e. The molecule has 1 nitrogen and oxygen atoms in total. The quantitative estimate of drug-likeness (QED) is 0.341. The first-order valence-electron chi connectivity index (χ1n) is 1.15. The van der Waals surface area contributed by atoms with Crippen LogP contribution in [-0.4, -0.2) is 26.9 Å². The zero-order valence-electron chi connectivity index (χ0n) is 3.02. The van der Waals surface area contributed by atoms with E-state index >= 15 is 0 Å². The summed E-state index contributed by atoms with van der Waals surface area (Å²) in [5, 5.41) is 0. The minimum absolute atomic E-state index is 1.50. The first kappa shape index (κ1) is 4.02. The lowest BCUT2D eigenvalue weighted by Crippen LogP contribution is -2.02. The number of rotatable bonds is 0. The van der Waals surface area contributed by atoms with Crippen LogP contribution in [0.1, 0.15) is 0 Å². The molecular formula is C2H6BN. The highest BCUT2D eigenvalue weighted by atomic mass is 14.9. The van der Waals surface area contributed by atoms with E-state index in [9.17, 15) is 0 Å². The molecule has 0 fully saturated rings. The van der Waals surface area contributed by atoms with Gasteiger partial charge in [-0.2, -0.15) is 0 Å². The SMILES string of the molecule is [B]N(C)C. The fourth-order valence-electron chi connectivity index (χ4n) is 0. The van der Waals surface area contributed by atoms with Crippen LogP contribution in [0.5, 0.6) is 0 Å². The van der Waals surface area contributed by atoms with Crippen molar-refractivity contribution in [1.82, 2.24) is 4.81 Å². The van der Waals surface area contributed by atoms with E-state index < -0.39 is 0 Å². The summed E-state index contributed by atoms with van der Waals surface area (Å²) in [5.41, 5.74) is 0. The summed E-state index contributed by atoms with van der Waals surface area (Å²) >= 11 is 0. The maximum absolute atomic E-state index is 4.94. The molecule has 0 spiro atoms. The minimum atomic E-state index is 1.50. The molecule has 0 heterocycles. The lowest BCUT2D eigenvalue weighted by molar-refractivity contribution is 0.679. The van der Waals surface area contributed by atoms with Gasteiger partial charge in [0.15, 0.2) is 7.98 Å². The summed E-state index contributed by atoms with van der Waals surface area (Å²) in [7, 11) is 8.50. The van der Waals surface area contributed by atoms with Crippen molar-refractivity contribution < 1.29 is 0 Å². The monoisotopic (exact) mass is 55.1 g/mol. The van der Waals surface area contributed by atoms with E-state index in [1.807, 2.05) is 0 Å². The van der Waals surface area contributed by atoms with Crippen molar-refractivity contribution in [2.24, 2.45) is 0 Å². The van der Waals surface area contributed by atoms with E-state index in [2.05, 4.69) is 0 Å². The number of hydrogen-bond acceptors (Lipinski definition) is 1. The van der Waals surface area contributed by atoms with Crippen molar-refractivity contribution in [2.75, 3.05) is 14.1 Å². The van der Waals surface area contributed by atoms with Crippen molar-refractivity contribution in [1.29, 1.82) is 0 Å². The van der Waals surface area contributed by atoms with Gasteiger partial charge >= 0.3 is 0 Å². The fraction of sp³-hybridized carbons (Fsp3) is 1.00. The molecule has 0 saturated carbocycles. The van der Waals surface area contributed by atoms with Crippen LogP contribution in [0.25, 0.3) is 0 Å². The molecule has 0 aromatic carbocycles. The molecule has 0 unspecified atom stereocenters. The van der Waals surface area contributed by atoms with Gasteiger partial charge in [0.1, 0.15) is 0 Å². The van der Waals surface area contributed by atoms with Gasteiger partial charge in [-0.3, -0.25) is 0 Å². The van der Waals surface area contributed by atoms with Gasteiger partial charge in [-0.25, -0.2) is 0 Å². The van der Waals surface area contributed by atoms with Crippen LogP contribution in [-0.2, 0) is 0 Å². The smallest absolute Gasteiger partial charge is 0.181 e. The summed E-state index contributed by atoms with van der Waals surface area (Å²) in [4.78, 5) is 1.50. The Morgan fingerprint density at radius 2 is 1.50 bits per heavy atom. The van der Waals surface area contributed by atoms with Crippen molar-refractivity contribution in [3.8, 4) is 0 Å². The van der Waals surface area contributed by atoms with E-state index in [0.29, 0.717) is 0 Å². The summed E-state index contributed by atoms with van der Waals surface area (Å²) in [6.45, 7) is 0. The van der Waals surface area contributed by atoms with E-state index in [-0.39, 0.29) is 0 Å². The van der Waals surface area contributed by atoms with Crippen LogP contribution in [0.15, 0.2) is 0 Å². The highest BCUT2D eigenvalue weighted by molar-refractivity contribution is 6.03. The summed E-state index contributed by atoms with van der Waals surface area (Å²) in [5.74, 6) is 0. The van der Waals surface area contributed by atoms with Crippen LogP contribution >= 0.6 is 0 Å². The minimum Gasteiger partial charge on any atom is -0.359 e. The van der Waals surface area contributed by atoms with Crippen LogP contribution < -0.4 is 0 Å². The Morgan fingerprint density at radius 3 is 1.50 bits per heavy atom. The lowest BCUT2D eigenvalue weighted by Gasteiger charge is -1.90. The Labute approximate surface area is 28.0 Å². The van der Waals surface area contributed by atoms with Gasteiger partial charge < -0.3 is 4.81 Å². The molecule has 0 saturated heterocycles. The van der Waals surface area contributed by atoms with Crippen LogP contribution in [0.3, 0.4) is 0 Å². The largest absolute Gasteiger partial charge is 0.359 e. The first-order chi connectivity index (χ1) is 1.73. The highest BCUT2D eigenvalue weighted by Crippen LogP contribution is 1.44. The average molecular weight is 54.9 g/mol. The Hall–Kier alpha value is 0.0249. The molecule has 0 atom stereocenters. The number of nitrogens with zero attached hydrogens (tertiary/aromatic N) is 1. The van der Waals surface area contributed by atoms with Crippen molar-refractivity contribution in [3.63, 3.8) is 0 Å². The standard InChI is InChI=1S/C2H6BN/c1-4(2)3/h1-2H3. The van der Waals surface area contributed by atoms with Crippen molar-refractivity contribution >= 4 is 7.98 Å². The van der Waals surface area contributed by atoms with Gasteiger partial charge in [0.25, 0.3) is 0 Å². The predicted molar refractivity (Wildman–Crippen MR) is 19.4 cm³/mol. The normalized spacial score (nSPS) is 8.75. The van der Waals surface area contributed by atoms with Crippen LogP contribution in [0.4, 0.5) is 0 Å². The molecule has 0 aliphatic rings. The molecule has 0 rings (SSSR count). The van der Waals surface area contributed by atoms with Gasteiger partial charge in [0.2, 0.25) is 0 Å². The second-order valence-electron chi connectivity index (χ2n) is 0.964. The molecule has 0 aliphatic heterocycles. The Morgan fingerprint density at radius 1 is 1.50 bits per heavy atom. The lowest BCUT2D eigenvalue weighted by atomic mass is 10.4. The summed E-state index contributed by atoms with van der Waals surface area (Å²) in [6, 6.07) is 0. The Balaban J connectivity index is 2.32. The van der Waals surface area contributed by atoms with E-state index in [4.69, 9.17) is 7.98 Å². The molecule has 22 valence electrons. The molecule has 2 heteroatoms. The molecule has 0 amide bonds. The van der Waals surface area contributed by atoms with E-state index in [1.54, 1.807) is 14.1 Å². The van der Waals surface area contributed by atoms with Gasteiger partial charge in [0.05, 0.1) is 0 Å². The van der Waals surface area contributed by atoms with Gasteiger partial charge in [0, 0.05) is 0 Å². The van der Waals surface area contributed by atoms with Crippen molar-refractivity contribution in [3.05, 3.63) is 0 Å². The maximum atomic E-state index is 4.94. The topological polar surface area (TPSA) is 3.24 Å². The third-order valence-electron chi connectivity index (χ3n) is 0. The molecule has 4 heavy (non-hydrogen) atoms. The predicted octanol–water partition coefficient (Wildman–Crippen LogP) is -0.369. The zero-order valence-corrected chi connectivity index (χ0v) is 3.02.